The number of aliphatic imine (C=N–C) groups is 1. The molecule has 1 aliphatic rings. The van der Waals surface area contributed by atoms with Gasteiger partial charge >= 0.3 is 0 Å². The topological polar surface area (TPSA) is 62.5 Å². The number of halogens is 2. The average Bonchev–Trinajstić information content (AvgIpc) is 3.38. The number of guanidine groups is 1. The predicted octanol–water partition coefficient (Wildman–Crippen LogP) is 4.89. The third kappa shape index (κ3) is 5.95. The summed E-state index contributed by atoms with van der Waals surface area (Å²) in [4.78, 5) is 4.87. The molecule has 0 amide bonds. The van der Waals surface area contributed by atoms with E-state index in [0.717, 1.165) is 54.4 Å². The van der Waals surface area contributed by atoms with Crippen LogP contribution >= 0.6 is 39.9 Å². The Morgan fingerprint density at radius 1 is 1.29 bits per heavy atom. The van der Waals surface area contributed by atoms with Crippen molar-refractivity contribution in [2.45, 2.75) is 51.9 Å². The molecule has 1 fully saturated rings. The maximum Gasteiger partial charge on any atom is 0.191 e. The minimum Gasteiger partial charge on any atom is -0.361 e. The Morgan fingerprint density at radius 2 is 2.07 bits per heavy atom. The van der Waals surface area contributed by atoms with Crippen LogP contribution in [0.2, 0.25) is 0 Å². The van der Waals surface area contributed by atoms with Crippen molar-refractivity contribution in [1.29, 1.82) is 0 Å². The summed E-state index contributed by atoms with van der Waals surface area (Å²) in [5, 5.41) is 10.8. The minimum absolute atomic E-state index is 0. The molecule has 154 valence electrons. The maximum absolute atomic E-state index is 5.24. The molecule has 1 heterocycles. The minimum atomic E-state index is 0. The molecule has 1 saturated carbocycles. The summed E-state index contributed by atoms with van der Waals surface area (Å²) in [7, 11) is 0. The first-order valence-corrected chi connectivity index (χ1v) is 10.5. The van der Waals surface area contributed by atoms with E-state index in [4.69, 9.17) is 9.52 Å². The lowest BCUT2D eigenvalue weighted by Gasteiger charge is -2.16. The first-order valence-electron chi connectivity index (χ1n) is 9.74. The van der Waals surface area contributed by atoms with Crippen molar-refractivity contribution in [3.8, 4) is 0 Å². The van der Waals surface area contributed by atoms with E-state index in [-0.39, 0.29) is 29.4 Å². The highest BCUT2D eigenvalue weighted by Crippen LogP contribution is 2.48. The summed E-state index contributed by atoms with van der Waals surface area (Å²) >= 11 is 3.58. The number of benzene rings is 1. The summed E-state index contributed by atoms with van der Waals surface area (Å²) in [6, 6.07) is 8.64. The Hall–Kier alpha value is -1.09. The fraction of sp³-hybridized carbons (Fsp3) is 0.524. The molecule has 0 bridgehead atoms. The van der Waals surface area contributed by atoms with Crippen LogP contribution in [0, 0.1) is 13.8 Å². The monoisotopic (exact) mass is 560 g/mol. The zero-order chi connectivity index (χ0) is 19.3. The van der Waals surface area contributed by atoms with Gasteiger partial charge in [0.15, 0.2) is 5.96 Å². The average molecular weight is 561 g/mol. The number of hydrogen-bond donors (Lipinski definition) is 2. The quantitative estimate of drug-likeness (QED) is 0.209. The molecule has 0 saturated heterocycles. The number of nitrogens with zero attached hydrogens (tertiary/aromatic N) is 2. The Balaban J connectivity index is 0.00000280. The van der Waals surface area contributed by atoms with Crippen LogP contribution in [0.3, 0.4) is 0 Å². The van der Waals surface area contributed by atoms with E-state index in [1.165, 1.54) is 24.0 Å². The van der Waals surface area contributed by atoms with Gasteiger partial charge in [-0.2, -0.15) is 0 Å². The lowest BCUT2D eigenvalue weighted by atomic mass is 9.96. The molecule has 1 aliphatic carbocycles. The summed E-state index contributed by atoms with van der Waals surface area (Å²) in [6.45, 7) is 8.64. The smallest absolute Gasteiger partial charge is 0.191 e. The van der Waals surface area contributed by atoms with E-state index < -0.39 is 0 Å². The molecule has 2 aromatic rings. The van der Waals surface area contributed by atoms with E-state index in [0.29, 0.717) is 0 Å². The molecule has 0 radical (unpaired) electrons. The van der Waals surface area contributed by atoms with E-state index >= 15 is 0 Å². The van der Waals surface area contributed by atoms with Gasteiger partial charge in [0.25, 0.3) is 0 Å². The van der Waals surface area contributed by atoms with E-state index in [1.807, 2.05) is 13.8 Å². The molecule has 1 aromatic carbocycles. The molecule has 1 aromatic heterocycles. The van der Waals surface area contributed by atoms with Gasteiger partial charge in [0.1, 0.15) is 5.76 Å². The van der Waals surface area contributed by atoms with Gasteiger partial charge in [-0.05, 0) is 64.2 Å². The summed E-state index contributed by atoms with van der Waals surface area (Å²) in [5.41, 5.74) is 3.82. The molecule has 0 spiro atoms. The lowest BCUT2D eigenvalue weighted by molar-refractivity contribution is 0.392. The number of nitrogens with one attached hydrogen (secondary N) is 2. The summed E-state index contributed by atoms with van der Waals surface area (Å²) < 4.78 is 6.37. The van der Waals surface area contributed by atoms with Gasteiger partial charge in [0.05, 0.1) is 12.2 Å². The molecule has 28 heavy (non-hydrogen) atoms. The standard InChI is InChI=1S/C21H29BrN4O.HI/c1-4-23-20(24-12-6-9-19-15(2)26-27-16(19)3)25-14-21(10-11-21)17-7-5-8-18(22)13-17;/h5,7-8,13H,4,6,9-12,14H2,1-3H3,(H2,23,24,25);1H. The number of aromatic nitrogens is 1. The zero-order valence-corrected chi connectivity index (χ0v) is 20.8. The van der Waals surface area contributed by atoms with Crippen LogP contribution in [0.1, 0.15) is 48.8 Å². The second-order valence-electron chi connectivity index (χ2n) is 7.32. The van der Waals surface area contributed by atoms with E-state index in [9.17, 15) is 0 Å². The van der Waals surface area contributed by atoms with Crippen LogP contribution < -0.4 is 10.6 Å². The Morgan fingerprint density at radius 3 is 2.68 bits per heavy atom. The molecule has 0 unspecified atom stereocenters. The van der Waals surface area contributed by atoms with Crippen molar-refractivity contribution in [3.05, 3.63) is 51.3 Å². The Labute approximate surface area is 193 Å². The largest absolute Gasteiger partial charge is 0.361 e. The van der Waals surface area contributed by atoms with Gasteiger partial charge < -0.3 is 15.2 Å². The van der Waals surface area contributed by atoms with Crippen molar-refractivity contribution in [2.75, 3.05) is 19.6 Å². The number of hydrogen-bond acceptors (Lipinski definition) is 3. The third-order valence-corrected chi connectivity index (χ3v) is 5.75. The molecular formula is C21H30BrIN4O. The van der Waals surface area contributed by atoms with Crippen molar-refractivity contribution in [2.24, 2.45) is 4.99 Å². The Kier molecular flexibility index (Phi) is 8.80. The molecule has 5 nitrogen and oxygen atoms in total. The molecule has 0 atom stereocenters. The van der Waals surface area contributed by atoms with Crippen molar-refractivity contribution in [3.63, 3.8) is 0 Å². The highest BCUT2D eigenvalue weighted by Gasteiger charge is 2.44. The van der Waals surface area contributed by atoms with Crippen LogP contribution in [0.4, 0.5) is 0 Å². The van der Waals surface area contributed by atoms with Gasteiger partial charge in [0.2, 0.25) is 0 Å². The summed E-state index contributed by atoms with van der Waals surface area (Å²) in [5.74, 6) is 1.83. The van der Waals surface area contributed by atoms with Crippen molar-refractivity contribution >= 4 is 45.9 Å². The second-order valence-corrected chi connectivity index (χ2v) is 8.23. The van der Waals surface area contributed by atoms with Crippen molar-refractivity contribution < 1.29 is 4.52 Å². The predicted molar refractivity (Wildman–Crippen MR) is 129 cm³/mol. The van der Waals surface area contributed by atoms with Gasteiger partial charge in [-0.3, -0.25) is 4.99 Å². The molecule has 3 rings (SSSR count). The fourth-order valence-electron chi connectivity index (χ4n) is 3.41. The molecular weight excluding hydrogens is 531 g/mol. The normalized spacial score (nSPS) is 15.1. The van der Waals surface area contributed by atoms with Gasteiger partial charge in [-0.25, -0.2) is 0 Å². The van der Waals surface area contributed by atoms with Crippen LogP contribution in [0.5, 0.6) is 0 Å². The van der Waals surface area contributed by atoms with Crippen LogP contribution in [0.15, 0.2) is 38.3 Å². The van der Waals surface area contributed by atoms with Gasteiger partial charge in [0, 0.05) is 28.5 Å². The Bertz CT molecular complexity index is 782. The number of aryl methyl sites for hydroxylation is 2. The molecule has 7 heteroatoms. The van der Waals surface area contributed by atoms with E-state index in [1.54, 1.807) is 0 Å². The highest BCUT2D eigenvalue weighted by atomic mass is 127. The van der Waals surface area contributed by atoms with Crippen molar-refractivity contribution in [1.82, 2.24) is 15.8 Å². The SMILES string of the molecule is CCNC(=NCC1(c2cccc(Br)c2)CC1)NCCCc1c(C)noc1C.I. The van der Waals surface area contributed by atoms with Crippen LogP contribution in [0.25, 0.3) is 0 Å². The third-order valence-electron chi connectivity index (χ3n) is 5.25. The number of rotatable bonds is 8. The summed E-state index contributed by atoms with van der Waals surface area (Å²) in [6.07, 6.45) is 4.40. The van der Waals surface area contributed by atoms with Gasteiger partial charge in [-0.1, -0.05) is 33.2 Å². The maximum atomic E-state index is 5.24. The van der Waals surface area contributed by atoms with Crippen LogP contribution in [-0.4, -0.2) is 30.8 Å². The first kappa shape index (κ1) is 23.2. The first-order chi connectivity index (χ1) is 13.0. The zero-order valence-electron chi connectivity index (χ0n) is 16.8. The molecule has 2 N–H and O–H groups in total. The fourth-order valence-corrected chi connectivity index (χ4v) is 3.81. The van der Waals surface area contributed by atoms with Crippen LogP contribution in [-0.2, 0) is 11.8 Å². The molecule has 0 aliphatic heterocycles. The highest BCUT2D eigenvalue weighted by molar-refractivity contribution is 14.0. The van der Waals surface area contributed by atoms with Gasteiger partial charge in [-0.15, -0.1) is 24.0 Å². The van der Waals surface area contributed by atoms with E-state index in [2.05, 4.69) is 62.9 Å². The lowest BCUT2D eigenvalue weighted by Crippen LogP contribution is -2.38. The second kappa shape index (κ2) is 10.6.